The van der Waals surface area contributed by atoms with Gasteiger partial charge in [0, 0.05) is 25.0 Å². The van der Waals surface area contributed by atoms with Gasteiger partial charge in [-0.05, 0) is 45.9 Å². The molecule has 2 aromatic heterocycles. The van der Waals surface area contributed by atoms with Crippen LogP contribution in [-0.4, -0.2) is 33.1 Å². The van der Waals surface area contributed by atoms with Crippen molar-refractivity contribution in [1.29, 1.82) is 0 Å². The Morgan fingerprint density at radius 2 is 1.88 bits per heavy atom. The number of rotatable bonds is 3. The molecule has 3 rings (SSSR count). The Bertz CT molecular complexity index is 755. The van der Waals surface area contributed by atoms with Gasteiger partial charge in [0.2, 0.25) is 0 Å². The van der Waals surface area contributed by atoms with E-state index >= 15 is 0 Å². The Hall–Kier alpha value is -1.99. The molecule has 2 aromatic rings. The first-order valence-corrected chi connectivity index (χ1v) is 7.87. The Morgan fingerprint density at radius 1 is 1.21 bits per heavy atom. The predicted molar refractivity (Wildman–Crippen MR) is 91.6 cm³/mol. The molecular weight excluding hydrogens is 308 g/mol. The maximum Gasteiger partial charge on any atom is 0.525 e. The van der Waals surface area contributed by atoms with E-state index in [0.29, 0.717) is 17.0 Å². The molecule has 0 radical (unpaired) electrons. The van der Waals surface area contributed by atoms with Gasteiger partial charge in [0.05, 0.1) is 16.9 Å². The third kappa shape index (κ3) is 3.01. The smallest absolute Gasteiger partial charge is 0.398 e. The molecule has 0 bridgehead atoms. The number of pyridine rings is 1. The zero-order chi connectivity index (χ0) is 17.5. The molecule has 0 unspecified atom stereocenters. The largest absolute Gasteiger partial charge is 0.525 e. The summed E-state index contributed by atoms with van der Waals surface area (Å²) < 4.78 is 27.9. The van der Waals surface area contributed by atoms with Crippen molar-refractivity contribution >= 4 is 13.2 Å². The second kappa shape index (κ2) is 5.83. The van der Waals surface area contributed by atoms with Gasteiger partial charge in [0.15, 0.2) is 0 Å². The lowest BCUT2D eigenvalue weighted by molar-refractivity contribution is 0.00578. The molecule has 0 aromatic carbocycles. The SMILES string of the molecule is Cn1cc(C=C(F)B2OC(C)(C)C(C)(C)O2)c(-c2ccccn2)n1. The van der Waals surface area contributed by atoms with Gasteiger partial charge in [0.25, 0.3) is 0 Å². The molecule has 5 nitrogen and oxygen atoms in total. The van der Waals surface area contributed by atoms with E-state index in [1.165, 1.54) is 6.08 Å². The lowest BCUT2D eigenvalue weighted by Gasteiger charge is -2.32. The maximum absolute atomic E-state index is 14.7. The fourth-order valence-electron chi connectivity index (χ4n) is 2.49. The Morgan fingerprint density at radius 3 is 2.46 bits per heavy atom. The second-order valence-electron chi connectivity index (χ2n) is 6.94. The van der Waals surface area contributed by atoms with Gasteiger partial charge in [-0.3, -0.25) is 9.67 Å². The maximum atomic E-state index is 14.7. The molecule has 126 valence electrons. The van der Waals surface area contributed by atoms with E-state index in [2.05, 4.69) is 10.1 Å². The van der Waals surface area contributed by atoms with Gasteiger partial charge >= 0.3 is 7.12 Å². The molecule has 0 spiro atoms. The van der Waals surface area contributed by atoms with Crippen molar-refractivity contribution in [1.82, 2.24) is 14.8 Å². The van der Waals surface area contributed by atoms with Crippen LogP contribution in [0.1, 0.15) is 33.3 Å². The van der Waals surface area contributed by atoms with Crippen molar-refractivity contribution in [2.45, 2.75) is 38.9 Å². The summed E-state index contributed by atoms with van der Waals surface area (Å²) >= 11 is 0. The zero-order valence-corrected chi connectivity index (χ0v) is 14.6. The average Bonchev–Trinajstić information content (AvgIpc) is 2.97. The van der Waals surface area contributed by atoms with Gasteiger partial charge < -0.3 is 9.31 Å². The van der Waals surface area contributed by atoms with Crippen LogP contribution in [0.3, 0.4) is 0 Å². The summed E-state index contributed by atoms with van der Waals surface area (Å²) in [6.45, 7) is 7.57. The van der Waals surface area contributed by atoms with Crippen molar-refractivity contribution in [3.05, 3.63) is 41.9 Å². The van der Waals surface area contributed by atoms with E-state index in [4.69, 9.17) is 9.31 Å². The fourth-order valence-corrected chi connectivity index (χ4v) is 2.49. The first-order chi connectivity index (χ1) is 11.2. The highest BCUT2D eigenvalue weighted by Gasteiger charge is 2.53. The normalized spacial score (nSPS) is 19.8. The van der Waals surface area contributed by atoms with E-state index < -0.39 is 24.0 Å². The minimum Gasteiger partial charge on any atom is -0.398 e. The predicted octanol–water partition coefficient (Wildman–Crippen LogP) is 3.42. The van der Waals surface area contributed by atoms with Crippen LogP contribution >= 0.6 is 0 Å². The number of aryl methyl sites for hydroxylation is 1. The second-order valence-corrected chi connectivity index (χ2v) is 6.94. The number of aromatic nitrogens is 3. The van der Waals surface area contributed by atoms with Crippen molar-refractivity contribution in [2.75, 3.05) is 0 Å². The molecule has 0 aliphatic carbocycles. The quantitative estimate of drug-likeness (QED) is 0.810. The van der Waals surface area contributed by atoms with Crippen LogP contribution in [0.4, 0.5) is 4.39 Å². The highest BCUT2D eigenvalue weighted by Crippen LogP contribution is 2.39. The van der Waals surface area contributed by atoms with Crippen molar-refractivity contribution in [2.24, 2.45) is 7.05 Å². The van der Waals surface area contributed by atoms with E-state index in [9.17, 15) is 4.39 Å². The third-order valence-electron chi connectivity index (χ3n) is 4.54. The molecule has 1 saturated heterocycles. The summed E-state index contributed by atoms with van der Waals surface area (Å²) in [5.74, 6) is 0. The molecule has 1 aliphatic rings. The fraction of sp³-hybridized carbons (Fsp3) is 0.412. The number of hydrogen-bond donors (Lipinski definition) is 0. The molecule has 3 heterocycles. The summed E-state index contributed by atoms with van der Waals surface area (Å²) in [5, 5.41) is 4.38. The minimum atomic E-state index is -1.02. The van der Waals surface area contributed by atoms with E-state index in [-0.39, 0.29) is 0 Å². The molecule has 0 atom stereocenters. The Kier molecular flexibility index (Phi) is 4.09. The van der Waals surface area contributed by atoms with E-state index in [0.717, 1.165) is 0 Å². The number of hydrogen-bond acceptors (Lipinski definition) is 4. The molecule has 0 N–H and O–H groups in total. The summed E-state index contributed by atoms with van der Waals surface area (Å²) in [5.41, 5.74) is 0.279. The molecular formula is C17H21BFN3O2. The van der Waals surface area contributed by atoms with Crippen LogP contribution in [0.2, 0.25) is 0 Å². The number of nitrogens with zero attached hydrogens (tertiary/aromatic N) is 3. The van der Waals surface area contributed by atoms with Crippen molar-refractivity contribution in [3.63, 3.8) is 0 Å². The van der Waals surface area contributed by atoms with Gasteiger partial charge in [-0.2, -0.15) is 5.10 Å². The first-order valence-electron chi connectivity index (χ1n) is 7.87. The summed E-state index contributed by atoms with van der Waals surface area (Å²) in [4.78, 5) is 4.28. The van der Waals surface area contributed by atoms with Gasteiger partial charge in [-0.25, -0.2) is 4.39 Å². The topological polar surface area (TPSA) is 49.2 Å². The third-order valence-corrected chi connectivity index (χ3v) is 4.54. The zero-order valence-electron chi connectivity index (χ0n) is 14.6. The monoisotopic (exact) mass is 329 g/mol. The molecule has 1 aliphatic heterocycles. The molecule has 1 fully saturated rings. The van der Waals surface area contributed by atoms with E-state index in [1.807, 2.05) is 45.9 Å². The van der Waals surface area contributed by atoms with Crippen LogP contribution in [0.5, 0.6) is 0 Å². The molecule has 7 heteroatoms. The molecule has 0 saturated carbocycles. The highest BCUT2D eigenvalue weighted by atomic mass is 19.1. The molecule has 0 amide bonds. The lowest BCUT2D eigenvalue weighted by atomic mass is 9.87. The average molecular weight is 329 g/mol. The first kappa shape index (κ1) is 16.9. The van der Waals surface area contributed by atoms with Crippen LogP contribution in [-0.2, 0) is 16.4 Å². The Balaban J connectivity index is 1.93. The van der Waals surface area contributed by atoms with E-state index in [1.54, 1.807) is 24.1 Å². The van der Waals surface area contributed by atoms with Crippen LogP contribution in [0, 0.1) is 0 Å². The summed E-state index contributed by atoms with van der Waals surface area (Å²) in [6, 6.07) is 5.54. The van der Waals surface area contributed by atoms with Gasteiger partial charge in [-0.1, -0.05) is 6.07 Å². The van der Waals surface area contributed by atoms with Crippen molar-refractivity contribution in [3.8, 4) is 11.4 Å². The van der Waals surface area contributed by atoms with Gasteiger partial charge in [0.1, 0.15) is 11.4 Å². The van der Waals surface area contributed by atoms with Crippen LogP contribution in [0.15, 0.2) is 36.3 Å². The van der Waals surface area contributed by atoms with Gasteiger partial charge in [-0.15, -0.1) is 0 Å². The van der Waals surface area contributed by atoms with Crippen molar-refractivity contribution < 1.29 is 13.7 Å². The van der Waals surface area contributed by atoms with Crippen LogP contribution < -0.4 is 0 Å². The minimum absolute atomic E-state index is 0.487. The molecule has 24 heavy (non-hydrogen) atoms. The van der Waals surface area contributed by atoms with Crippen LogP contribution in [0.25, 0.3) is 17.5 Å². The Labute approximate surface area is 141 Å². The standard InChI is InChI=1S/C17H21BFN3O2/c1-16(2)17(3,4)24-18(23-16)14(19)10-12-11-22(5)21-15(12)13-8-6-7-9-20-13/h6-11H,1-5H3. The highest BCUT2D eigenvalue weighted by molar-refractivity contribution is 6.54. The lowest BCUT2D eigenvalue weighted by Crippen LogP contribution is -2.41. The summed E-state index contributed by atoms with van der Waals surface area (Å²) in [6.07, 6.45) is 4.83. The number of halogens is 1. The summed E-state index contributed by atoms with van der Waals surface area (Å²) in [7, 11) is 0.767.